The zero-order valence-electron chi connectivity index (χ0n) is 15.6. The molecule has 0 heterocycles. The monoisotopic (exact) mass is 385 g/mol. The average molecular weight is 385 g/mol. The molecule has 0 saturated heterocycles. The van der Waals surface area contributed by atoms with E-state index in [1.54, 1.807) is 0 Å². The van der Waals surface area contributed by atoms with Crippen molar-refractivity contribution in [2.45, 2.75) is 63.3 Å². The van der Waals surface area contributed by atoms with Crippen LogP contribution in [0.5, 0.6) is 0 Å². The number of unbranched alkanes of at least 4 members (excludes halogenated alkanes) is 2. The van der Waals surface area contributed by atoms with E-state index in [2.05, 4.69) is 28.8 Å². The van der Waals surface area contributed by atoms with Crippen molar-refractivity contribution in [1.82, 2.24) is 0 Å². The van der Waals surface area contributed by atoms with Gasteiger partial charge in [-0.05, 0) is 62.5 Å². The Labute approximate surface area is 156 Å². The Bertz CT molecular complexity index is 588. The van der Waals surface area contributed by atoms with Crippen LogP contribution in [0.1, 0.15) is 62.5 Å². The molecule has 148 valence electrons. The Balaban J connectivity index is 1.77. The minimum absolute atomic E-state index is 0.104. The summed E-state index contributed by atoms with van der Waals surface area (Å²) in [5.74, 6) is 0.320. The maximum atomic E-state index is 10.9. The number of ether oxygens (including phenoxy) is 1. The molecule has 1 aliphatic carbocycles. The van der Waals surface area contributed by atoms with E-state index in [0.29, 0.717) is 18.8 Å². The van der Waals surface area contributed by atoms with Crippen LogP contribution in [0.2, 0.25) is 0 Å². The van der Waals surface area contributed by atoms with Gasteiger partial charge in [0.1, 0.15) is 0 Å². The highest BCUT2D eigenvalue weighted by Crippen LogP contribution is 2.43. The molecule has 1 aromatic carbocycles. The third kappa shape index (κ3) is 7.47. The third-order valence-electron chi connectivity index (χ3n) is 5.07. The Hall–Kier alpha value is -0.750. The van der Waals surface area contributed by atoms with Gasteiger partial charge >= 0.3 is 7.82 Å². The van der Waals surface area contributed by atoms with Crippen molar-refractivity contribution < 1.29 is 23.6 Å². The van der Waals surface area contributed by atoms with Gasteiger partial charge in [0.25, 0.3) is 0 Å². The fourth-order valence-electron chi connectivity index (χ4n) is 3.60. The lowest BCUT2D eigenvalue weighted by Crippen LogP contribution is -2.41. The number of phosphoric acid groups is 1. The third-order valence-corrected chi connectivity index (χ3v) is 5.54. The molecule has 0 aliphatic heterocycles. The minimum Gasteiger partial charge on any atom is -0.382 e. The number of benzene rings is 1. The molecule has 2 rings (SSSR count). The predicted molar refractivity (Wildman–Crippen MR) is 102 cm³/mol. The Morgan fingerprint density at radius 1 is 1.23 bits per heavy atom. The van der Waals surface area contributed by atoms with Crippen LogP contribution in [0.3, 0.4) is 0 Å². The van der Waals surface area contributed by atoms with Gasteiger partial charge in [-0.15, -0.1) is 0 Å². The van der Waals surface area contributed by atoms with Gasteiger partial charge in [0.15, 0.2) is 0 Å². The largest absolute Gasteiger partial charge is 0.469 e. The van der Waals surface area contributed by atoms with E-state index in [0.717, 1.165) is 32.5 Å². The Morgan fingerprint density at radius 2 is 1.96 bits per heavy atom. The lowest BCUT2D eigenvalue weighted by atomic mass is 9.92. The Morgan fingerprint density at radius 3 is 2.62 bits per heavy atom. The van der Waals surface area contributed by atoms with Gasteiger partial charge in [0, 0.05) is 18.8 Å². The number of nitrogens with two attached hydrogens (primary N) is 1. The van der Waals surface area contributed by atoms with E-state index in [4.69, 9.17) is 20.3 Å². The standard InChI is InChI=1S/C19H32NO5P/c1-2-24-13-5-3-4-6-16-7-9-17(10-8-16)18-11-12-19(20,14-18)15-25-26(21,22)23/h7-10,18H,2-6,11-15,20H2,1H3,(H2,21,22,23)/t18-,19+/m1/s1. The summed E-state index contributed by atoms with van der Waals surface area (Å²) in [5, 5.41) is 0. The molecule has 6 nitrogen and oxygen atoms in total. The van der Waals surface area contributed by atoms with Gasteiger partial charge < -0.3 is 20.3 Å². The van der Waals surface area contributed by atoms with Crippen molar-refractivity contribution >= 4 is 7.82 Å². The quantitative estimate of drug-likeness (QED) is 0.398. The maximum absolute atomic E-state index is 10.9. The van der Waals surface area contributed by atoms with Crippen LogP contribution >= 0.6 is 7.82 Å². The molecule has 1 fully saturated rings. The molecule has 7 heteroatoms. The normalized spacial score (nSPS) is 23.5. The first-order valence-corrected chi connectivity index (χ1v) is 11.0. The summed E-state index contributed by atoms with van der Waals surface area (Å²) >= 11 is 0. The fraction of sp³-hybridized carbons (Fsp3) is 0.684. The van der Waals surface area contributed by atoms with Gasteiger partial charge in [0.2, 0.25) is 0 Å². The van der Waals surface area contributed by atoms with Gasteiger partial charge in [0.05, 0.1) is 6.61 Å². The van der Waals surface area contributed by atoms with Crippen LogP contribution in [0.25, 0.3) is 0 Å². The van der Waals surface area contributed by atoms with E-state index < -0.39 is 13.4 Å². The molecule has 0 radical (unpaired) electrons. The highest BCUT2D eigenvalue weighted by atomic mass is 31.2. The number of hydrogen-bond acceptors (Lipinski definition) is 4. The van der Waals surface area contributed by atoms with Gasteiger partial charge in [-0.2, -0.15) is 0 Å². The van der Waals surface area contributed by atoms with Crippen molar-refractivity contribution in [3.63, 3.8) is 0 Å². The first-order valence-electron chi connectivity index (χ1n) is 9.47. The molecule has 1 aromatic rings. The predicted octanol–water partition coefficient (Wildman–Crippen LogP) is 3.51. The van der Waals surface area contributed by atoms with Crippen molar-refractivity contribution in [2.75, 3.05) is 19.8 Å². The molecule has 0 spiro atoms. The number of aryl methyl sites for hydroxylation is 1. The summed E-state index contributed by atoms with van der Waals surface area (Å²) in [6.07, 6.45) is 6.85. The molecule has 2 atom stereocenters. The number of phosphoric ester groups is 1. The molecule has 26 heavy (non-hydrogen) atoms. The van der Waals surface area contributed by atoms with Crippen molar-refractivity contribution in [3.8, 4) is 0 Å². The summed E-state index contributed by atoms with van der Waals surface area (Å²) in [4.78, 5) is 17.7. The maximum Gasteiger partial charge on any atom is 0.469 e. The second-order valence-electron chi connectivity index (χ2n) is 7.32. The summed E-state index contributed by atoms with van der Waals surface area (Å²) < 4.78 is 20.9. The van der Waals surface area contributed by atoms with E-state index in [-0.39, 0.29) is 6.61 Å². The lowest BCUT2D eigenvalue weighted by molar-refractivity contribution is 0.143. The molecule has 4 N–H and O–H groups in total. The van der Waals surface area contributed by atoms with Gasteiger partial charge in [-0.3, -0.25) is 4.52 Å². The van der Waals surface area contributed by atoms with Crippen LogP contribution in [0.15, 0.2) is 24.3 Å². The molecule has 0 amide bonds. The number of hydrogen-bond donors (Lipinski definition) is 3. The first kappa shape index (κ1) is 21.5. The highest BCUT2D eigenvalue weighted by Gasteiger charge is 2.38. The second-order valence-corrected chi connectivity index (χ2v) is 8.55. The molecule has 0 aromatic heterocycles. The van der Waals surface area contributed by atoms with E-state index in [1.165, 1.54) is 24.0 Å². The SMILES string of the molecule is CCOCCCCCc1ccc([C@@H]2CC[C@@](N)(COP(=O)(O)O)C2)cc1. The minimum atomic E-state index is -4.47. The molecule has 0 bridgehead atoms. The molecule has 1 saturated carbocycles. The van der Waals surface area contributed by atoms with Crippen LogP contribution in [-0.4, -0.2) is 35.1 Å². The van der Waals surface area contributed by atoms with Gasteiger partial charge in [-0.25, -0.2) is 4.57 Å². The van der Waals surface area contributed by atoms with E-state index in [1.807, 2.05) is 6.92 Å². The second kappa shape index (κ2) is 9.98. The molecule has 0 unspecified atom stereocenters. The van der Waals surface area contributed by atoms with Crippen LogP contribution in [-0.2, 0) is 20.2 Å². The molecule has 1 aliphatic rings. The highest BCUT2D eigenvalue weighted by molar-refractivity contribution is 7.46. The zero-order valence-corrected chi connectivity index (χ0v) is 16.5. The summed E-state index contributed by atoms with van der Waals surface area (Å²) in [7, 11) is -4.47. The van der Waals surface area contributed by atoms with Crippen molar-refractivity contribution in [1.29, 1.82) is 0 Å². The van der Waals surface area contributed by atoms with Crippen LogP contribution in [0.4, 0.5) is 0 Å². The smallest absolute Gasteiger partial charge is 0.382 e. The van der Waals surface area contributed by atoms with Crippen LogP contribution in [0, 0.1) is 0 Å². The van der Waals surface area contributed by atoms with Crippen molar-refractivity contribution in [3.05, 3.63) is 35.4 Å². The topological polar surface area (TPSA) is 102 Å². The first-order chi connectivity index (χ1) is 12.3. The van der Waals surface area contributed by atoms with Crippen LogP contribution < -0.4 is 5.73 Å². The zero-order chi connectivity index (χ0) is 19.0. The summed E-state index contributed by atoms with van der Waals surface area (Å²) in [6, 6.07) is 8.69. The molecular formula is C19H32NO5P. The van der Waals surface area contributed by atoms with E-state index >= 15 is 0 Å². The van der Waals surface area contributed by atoms with Crippen molar-refractivity contribution in [2.24, 2.45) is 5.73 Å². The van der Waals surface area contributed by atoms with E-state index in [9.17, 15) is 4.57 Å². The fourth-order valence-corrected chi connectivity index (χ4v) is 4.02. The summed E-state index contributed by atoms with van der Waals surface area (Å²) in [5.41, 5.74) is 8.18. The Kier molecular flexibility index (Phi) is 8.27. The average Bonchev–Trinajstić information content (AvgIpc) is 2.99. The summed E-state index contributed by atoms with van der Waals surface area (Å²) in [6.45, 7) is 3.56. The molecular weight excluding hydrogens is 353 g/mol. The van der Waals surface area contributed by atoms with Gasteiger partial charge in [-0.1, -0.05) is 30.7 Å². The number of rotatable bonds is 11. The lowest BCUT2D eigenvalue weighted by Gasteiger charge is -2.24.